The highest BCUT2D eigenvalue weighted by Gasteiger charge is 2.56. The van der Waals surface area contributed by atoms with E-state index in [4.69, 9.17) is 23.2 Å². The van der Waals surface area contributed by atoms with Gasteiger partial charge in [0.1, 0.15) is 0 Å². The molecule has 1 aliphatic carbocycles. The molecule has 0 N–H and O–H groups in total. The zero-order chi connectivity index (χ0) is 16.8. The number of hydrogen-bond donors (Lipinski definition) is 0. The first kappa shape index (κ1) is 15.6. The van der Waals surface area contributed by atoms with Gasteiger partial charge in [-0.1, -0.05) is 48.0 Å². The van der Waals surface area contributed by atoms with Crippen molar-refractivity contribution >= 4 is 40.5 Å². The number of nitro groups is 1. The second-order valence-corrected chi connectivity index (χ2v) is 6.16. The maximum absolute atomic E-state index is 12.6. The molecule has 0 saturated heterocycles. The maximum Gasteiger partial charge on any atom is 0.269 e. The number of Topliss-reactive ketones (excluding diaryl/α,β-unsaturated/α-hetero) is 2. The summed E-state index contributed by atoms with van der Waals surface area (Å²) in [7, 11) is 0. The minimum absolute atomic E-state index is 0.117. The molecular weight excluding hydrogens is 341 g/mol. The second kappa shape index (κ2) is 5.44. The van der Waals surface area contributed by atoms with Crippen LogP contribution in [0.5, 0.6) is 0 Å². The summed E-state index contributed by atoms with van der Waals surface area (Å²) >= 11 is 12.7. The van der Waals surface area contributed by atoms with Gasteiger partial charge in [0.25, 0.3) is 5.69 Å². The van der Waals surface area contributed by atoms with Gasteiger partial charge in [-0.25, -0.2) is 0 Å². The molecule has 7 heteroatoms. The predicted octanol–water partition coefficient (Wildman–Crippen LogP) is 3.93. The molecular formula is C16H9Cl2NO4. The molecule has 116 valence electrons. The number of halogens is 2. The Hall–Kier alpha value is -2.24. The van der Waals surface area contributed by atoms with E-state index in [1.807, 2.05) is 0 Å². The third-order valence-corrected chi connectivity index (χ3v) is 5.08. The molecule has 0 saturated carbocycles. The van der Waals surface area contributed by atoms with Gasteiger partial charge in [0.2, 0.25) is 0 Å². The Morgan fingerprint density at radius 2 is 1.43 bits per heavy atom. The van der Waals surface area contributed by atoms with Gasteiger partial charge in [0, 0.05) is 23.3 Å². The average Bonchev–Trinajstić information content (AvgIpc) is 2.77. The van der Waals surface area contributed by atoms with Crippen molar-refractivity contribution in [2.75, 3.05) is 0 Å². The summed E-state index contributed by atoms with van der Waals surface area (Å²) in [6, 6.07) is 11.6. The van der Waals surface area contributed by atoms with Gasteiger partial charge in [-0.2, -0.15) is 0 Å². The van der Waals surface area contributed by atoms with Crippen LogP contribution >= 0.6 is 23.2 Å². The number of nitro benzene ring substituents is 1. The van der Waals surface area contributed by atoms with Crippen molar-refractivity contribution in [2.24, 2.45) is 0 Å². The molecule has 0 heterocycles. The third kappa shape index (κ3) is 2.24. The molecule has 0 aliphatic heterocycles. The van der Waals surface area contributed by atoms with E-state index in [0.717, 1.165) is 0 Å². The third-order valence-electron chi connectivity index (χ3n) is 3.82. The zero-order valence-corrected chi connectivity index (χ0v) is 13.0. The monoisotopic (exact) mass is 349 g/mol. The quantitative estimate of drug-likeness (QED) is 0.364. The van der Waals surface area contributed by atoms with E-state index in [-0.39, 0.29) is 16.8 Å². The summed E-state index contributed by atoms with van der Waals surface area (Å²) in [5.74, 6) is -1.11. The molecule has 1 unspecified atom stereocenters. The molecule has 0 spiro atoms. The SMILES string of the molecule is O=C1c2ccccc2C(=O)C1(Cl)C(Cl)c1ccc([N+](=O)[O-])cc1. The average molecular weight is 350 g/mol. The van der Waals surface area contributed by atoms with Gasteiger partial charge in [-0.05, 0) is 5.56 Å². The zero-order valence-electron chi connectivity index (χ0n) is 11.5. The Bertz CT molecular complexity index is 797. The highest BCUT2D eigenvalue weighted by Crippen LogP contribution is 2.47. The standard InChI is InChI=1S/C16H9Cl2NO4/c17-13(9-5-7-10(8-6-9)19(22)23)16(18)14(20)11-3-1-2-4-12(11)15(16)21/h1-8,13H. The van der Waals surface area contributed by atoms with Gasteiger partial charge in [0.15, 0.2) is 16.4 Å². The molecule has 0 amide bonds. The first-order valence-corrected chi connectivity index (χ1v) is 7.44. The van der Waals surface area contributed by atoms with Crippen molar-refractivity contribution < 1.29 is 14.5 Å². The van der Waals surface area contributed by atoms with E-state index in [0.29, 0.717) is 5.56 Å². The number of carbonyl (C=O) groups excluding carboxylic acids is 2. The molecule has 3 rings (SSSR count). The number of fused-ring (bicyclic) bond motifs is 1. The van der Waals surface area contributed by atoms with Gasteiger partial charge >= 0.3 is 0 Å². The van der Waals surface area contributed by atoms with E-state index < -0.39 is 26.7 Å². The van der Waals surface area contributed by atoms with Gasteiger partial charge in [0.05, 0.1) is 10.3 Å². The molecule has 2 aromatic carbocycles. The molecule has 0 bridgehead atoms. The summed E-state index contributed by atoms with van der Waals surface area (Å²) in [4.78, 5) is 33.3. The number of alkyl halides is 2. The van der Waals surface area contributed by atoms with E-state index in [1.54, 1.807) is 12.1 Å². The molecule has 0 aromatic heterocycles. The van der Waals surface area contributed by atoms with Crippen LogP contribution in [0.15, 0.2) is 48.5 Å². The van der Waals surface area contributed by atoms with Crippen LogP contribution in [0.2, 0.25) is 0 Å². The first-order valence-electron chi connectivity index (χ1n) is 6.63. The first-order chi connectivity index (χ1) is 10.9. The normalized spacial score (nSPS) is 17.0. The fourth-order valence-corrected chi connectivity index (χ4v) is 3.27. The van der Waals surface area contributed by atoms with E-state index in [9.17, 15) is 19.7 Å². The lowest BCUT2D eigenvalue weighted by Gasteiger charge is -2.24. The topological polar surface area (TPSA) is 77.3 Å². The van der Waals surface area contributed by atoms with Crippen LogP contribution in [-0.4, -0.2) is 21.4 Å². The number of nitrogens with zero attached hydrogens (tertiary/aromatic N) is 1. The van der Waals surface area contributed by atoms with Crippen molar-refractivity contribution in [3.8, 4) is 0 Å². The van der Waals surface area contributed by atoms with Crippen LogP contribution in [-0.2, 0) is 0 Å². The Labute approximate surface area is 141 Å². The lowest BCUT2D eigenvalue weighted by Crippen LogP contribution is -2.39. The molecule has 23 heavy (non-hydrogen) atoms. The number of carbonyl (C=O) groups is 2. The predicted molar refractivity (Wildman–Crippen MR) is 85.4 cm³/mol. The van der Waals surface area contributed by atoms with Gasteiger partial charge < -0.3 is 0 Å². The van der Waals surface area contributed by atoms with E-state index in [2.05, 4.69) is 0 Å². The molecule has 0 radical (unpaired) electrons. The molecule has 1 atom stereocenters. The van der Waals surface area contributed by atoms with Crippen LogP contribution in [0.4, 0.5) is 5.69 Å². The lowest BCUT2D eigenvalue weighted by molar-refractivity contribution is -0.384. The second-order valence-electron chi connectivity index (χ2n) is 5.13. The highest BCUT2D eigenvalue weighted by atomic mass is 35.5. The van der Waals surface area contributed by atoms with Gasteiger partial charge in [-0.3, -0.25) is 19.7 Å². The fraction of sp³-hybridized carbons (Fsp3) is 0.125. The van der Waals surface area contributed by atoms with Crippen LogP contribution in [0, 0.1) is 10.1 Å². The molecule has 1 aliphatic rings. The Morgan fingerprint density at radius 1 is 0.957 bits per heavy atom. The largest absolute Gasteiger partial charge is 0.292 e. The Morgan fingerprint density at radius 3 is 1.87 bits per heavy atom. The number of benzene rings is 2. The summed E-state index contributed by atoms with van der Waals surface area (Å²) in [6.07, 6.45) is 0. The van der Waals surface area contributed by atoms with Crippen molar-refractivity contribution in [3.63, 3.8) is 0 Å². The Kier molecular flexibility index (Phi) is 3.70. The molecule has 0 fully saturated rings. The summed E-state index contributed by atoms with van der Waals surface area (Å²) < 4.78 is 0. The number of rotatable bonds is 3. The smallest absolute Gasteiger partial charge is 0.269 e. The van der Waals surface area contributed by atoms with Crippen molar-refractivity contribution in [1.82, 2.24) is 0 Å². The van der Waals surface area contributed by atoms with Crippen LogP contribution in [0.25, 0.3) is 0 Å². The summed E-state index contributed by atoms with van der Waals surface area (Å²) in [5, 5.41) is 9.55. The Balaban J connectivity index is 2.02. The van der Waals surface area contributed by atoms with Crippen LogP contribution < -0.4 is 0 Å². The molecule has 2 aromatic rings. The summed E-state index contributed by atoms with van der Waals surface area (Å²) in [5.41, 5.74) is 0.718. The van der Waals surface area contributed by atoms with Crippen molar-refractivity contribution in [1.29, 1.82) is 0 Å². The minimum Gasteiger partial charge on any atom is -0.292 e. The lowest BCUT2D eigenvalue weighted by atomic mass is 9.93. The van der Waals surface area contributed by atoms with Crippen molar-refractivity contribution in [2.45, 2.75) is 10.3 Å². The van der Waals surface area contributed by atoms with E-state index >= 15 is 0 Å². The minimum atomic E-state index is -1.94. The highest BCUT2D eigenvalue weighted by molar-refractivity contribution is 6.58. The van der Waals surface area contributed by atoms with Crippen LogP contribution in [0.1, 0.15) is 31.7 Å². The molecule has 5 nitrogen and oxygen atoms in total. The number of hydrogen-bond acceptors (Lipinski definition) is 4. The van der Waals surface area contributed by atoms with Gasteiger partial charge in [-0.15, -0.1) is 11.6 Å². The van der Waals surface area contributed by atoms with E-state index in [1.165, 1.54) is 36.4 Å². The number of non-ortho nitro benzene ring substituents is 1. The van der Waals surface area contributed by atoms with Crippen molar-refractivity contribution in [3.05, 3.63) is 75.3 Å². The number of ketones is 2. The summed E-state index contributed by atoms with van der Waals surface area (Å²) in [6.45, 7) is 0. The fourth-order valence-electron chi connectivity index (χ4n) is 2.60. The van der Waals surface area contributed by atoms with Crippen LogP contribution in [0.3, 0.4) is 0 Å². The maximum atomic E-state index is 12.6.